The van der Waals surface area contributed by atoms with Crippen LogP contribution < -0.4 is 11.1 Å². The number of aliphatic hydroxyl groups is 2. The minimum atomic E-state index is -1.15. The third-order valence-corrected chi connectivity index (χ3v) is 6.41. The summed E-state index contributed by atoms with van der Waals surface area (Å²) < 4.78 is 0. The number of nitrogens with two attached hydrogens (primary N) is 1. The fraction of sp³-hybridized carbons (Fsp3) is 0.407. The standard InChI is InChI=1S/C27H32N4O3/c1-4-24(30-25(19(2)28)26(33)29-23-11-6-5-7-12-23)21-9-8-10-22(17-21)27(3,34)31-15-13-20(18-32)14-16-31/h1,6,8-12,20-21,32,34H,13-18,28H2,2-3H3,(H,29,33)/b25-19-,30-24?. The number of hydrogen-bond acceptors (Lipinski definition) is 6. The lowest BCUT2D eigenvalue weighted by Gasteiger charge is -2.43. The maximum Gasteiger partial charge on any atom is 0.276 e. The minimum absolute atomic E-state index is 0.0446. The summed E-state index contributed by atoms with van der Waals surface area (Å²) in [7, 11) is 0. The Morgan fingerprint density at radius 3 is 2.74 bits per heavy atom. The van der Waals surface area contributed by atoms with Gasteiger partial charge in [-0.15, -0.1) is 6.42 Å². The molecule has 1 amide bonds. The van der Waals surface area contributed by atoms with Gasteiger partial charge in [-0.05, 0) is 56.7 Å². The molecule has 1 heterocycles. The second-order valence-electron chi connectivity index (χ2n) is 8.87. The van der Waals surface area contributed by atoms with E-state index in [4.69, 9.17) is 12.2 Å². The van der Waals surface area contributed by atoms with Crippen LogP contribution in [0.15, 0.2) is 58.4 Å². The van der Waals surface area contributed by atoms with Crippen molar-refractivity contribution in [2.75, 3.05) is 25.0 Å². The number of aliphatic hydroxyl groups excluding tert-OH is 1. The van der Waals surface area contributed by atoms with E-state index in [-0.39, 0.29) is 29.8 Å². The molecule has 5 N–H and O–H groups in total. The third-order valence-electron chi connectivity index (χ3n) is 6.41. The van der Waals surface area contributed by atoms with Crippen LogP contribution in [0.5, 0.6) is 0 Å². The van der Waals surface area contributed by atoms with Gasteiger partial charge in [0.15, 0.2) is 0 Å². The van der Waals surface area contributed by atoms with E-state index in [9.17, 15) is 15.0 Å². The van der Waals surface area contributed by atoms with Gasteiger partial charge in [0, 0.05) is 37.4 Å². The Kier molecular flexibility index (Phi) is 8.31. The van der Waals surface area contributed by atoms with Crippen LogP contribution in [0.3, 0.4) is 0 Å². The van der Waals surface area contributed by atoms with Gasteiger partial charge in [0.25, 0.3) is 5.91 Å². The molecule has 1 aliphatic carbocycles. The largest absolute Gasteiger partial charge is 0.400 e. The summed E-state index contributed by atoms with van der Waals surface area (Å²) in [4.78, 5) is 19.3. The number of amides is 1. The maximum absolute atomic E-state index is 12.8. The molecule has 2 aliphatic rings. The molecule has 0 aromatic heterocycles. The minimum Gasteiger partial charge on any atom is -0.400 e. The lowest BCUT2D eigenvalue weighted by atomic mass is 9.84. The lowest BCUT2D eigenvalue weighted by molar-refractivity contribution is -0.112. The Morgan fingerprint density at radius 2 is 2.15 bits per heavy atom. The number of terminal acetylenes is 1. The molecule has 34 heavy (non-hydrogen) atoms. The first-order valence-electron chi connectivity index (χ1n) is 11.4. The monoisotopic (exact) mass is 460 g/mol. The Hall–Kier alpha value is -3.36. The second kappa shape index (κ2) is 11.2. The summed E-state index contributed by atoms with van der Waals surface area (Å²) in [5, 5.41) is 23.5. The molecule has 3 rings (SSSR count). The summed E-state index contributed by atoms with van der Waals surface area (Å²) in [6.07, 6.45) is 13.6. The van der Waals surface area contributed by atoms with E-state index in [1.807, 2.05) is 23.1 Å². The van der Waals surface area contributed by atoms with E-state index >= 15 is 0 Å². The zero-order valence-electron chi connectivity index (χ0n) is 19.7. The van der Waals surface area contributed by atoms with Gasteiger partial charge in [-0.2, -0.15) is 0 Å². The molecule has 1 fully saturated rings. The molecule has 178 valence electrons. The van der Waals surface area contributed by atoms with Crippen LogP contribution in [-0.4, -0.2) is 52.2 Å². The number of hydrogen-bond donors (Lipinski definition) is 4. The number of likely N-dealkylation sites (tertiary alicyclic amines) is 1. The zero-order chi connectivity index (χ0) is 24.7. The van der Waals surface area contributed by atoms with Crippen LogP contribution in [-0.2, 0) is 4.79 Å². The van der Waals surface area contributed by atoms with Crippen LogP contribution in [0, 0.1) is 36.3 Å². The number of anilines is 1. The van der Waals surface area contributed by atoms with Gasteiger partial charge in [-0.3, -0.25) is 9.69 Å². The molecule has 2 unspecified atom stereocenters. The number of piperidine rings is 1. The van der Waals surface area contributed by atoms with Crippen molar-refractivity contribution in [3.05, 3.63) is 65.5 Å². The molecule has 0 radical (unpaired) electrons. The van der Waals surface area contributed by atoms with Crippen molar-refractivity contribution in [2.45, 2.75) is 38.8 Å². The molecule has 1 aromatic rings. The molecule has 1 aliphatic heterocycles. The fourth-order valence-corrected chi connectivity index (χ4v) is 4.25. The molecule has 0 saturated carbocycles. The average Bonchev–Trinajstić information content (AvgIpc) is 2.85. The number of carbonyl (C=O) groups excluding carboxylic acids is 1. The van der Waals surface area contributed by atoms with Crippen molar-refractivity contribution in [1.82, 2.24) is 4.90 Å². The third kappa shape index (κ3) is 5.95. The first kappa shape index (κ1) is 25.3. The Labute approximate surface area is 201 Å². The van der Waals surface area contributed by atoms with E-state index in [2.05, 4.69) is 28.4 Å². The van der Waals surface area contributed by atoms with Gasteiger partial charge in [-0.25, -0.2) is 4.99 Å². The van der Waals surface area contributed by atoms with Crippen molar-refractivity contribution in [2.24, 2.45) is 22.6 Å². The van der Waals surface area contributed by atoms with E-state index in [1.165, 1.54) is 0 Å². The number of nitrogens with one attached hydrogen (secondary N) is 1. The van der Waals surface area contributed by atoms with Crippen LogP contribution >= 0.6 is 0 Å². The summed E-state index contributed by atoms with van der Waals surface area (Å²) in [6, 6.07) is 10.5. The quantitative estimate of drug-likeness (QED) is 0.284. The SMILES string of the molecule is C#CC(=N/C(C(=O)Nc1cc#ccc1)=C(/C)N)C1C=CC=C(C(C)(O)N2CCC(CO)CC2)C1. The average molecular weight is 461 g/mol. The van der Waals surface area contributed by atoms with E-state index < -0.39 is 11.6 Å². The maximum atomic E-state index is 12.8. The smallest absolute Gasteiger partial charge is 0.276 e. The predicted molar refractivity (Wildman–Crippen MR) is 133 cm³/mol. The summed E-state index contributed by atoms with van der Waals surface area (Å²) >= 11 is 0. The molecular formula is C27H32N4O3. The normalized spacial score (nSPS) is 22.0. The summed E-state index contributed by atoms with van der Waals surface area (Å²) in [6.45, 7) is 4.97. The van der Waals surface area contributed by atoms with Crippen molar-refractivity contribution < 1.29 is 15.0 Å². The fourth-order valence-electron chi connectivity index (χ4n) is 4.25. The van der Waals surface area contributed by atoms with Crippen molar-refractivity contribution in [1.29, 1.82) is 0 Å². The van der Waals surface area contributed by atoms with Crippen LogP contribution in [0.1, 0.15) is 33.1 Å². The summed E-state index contributed by atoms with van der Waals surface area (Å²) in [5.74, 6) is 2.13. The number of aliphatic imine (C=N–C) groups is 1. The van der Waals surface area contributed by atoms with Gasteiger partial charge in [0.1, 0.15) is 11.4 Å². The highest BCUT2D eigenvalue weighted by molar-refractivity contribution is 6.10. The van der Waals surface area contributed by atoms with Crippen LogP contribution in [0.2, 0.25) is 0 Å². The second-order valence-corrected chi connectivity index (χ2v) is 8.87. The molecule has 7 heteroatoms. The Morgan fingerprint density at radius 1 is 1.41 bits per heavy atom. The topological polar surface area (TPSA) is 111 Å². The number of rotatable bonds is 7. The van der Waals surface area contributed by atoms with Crippen LogP contribution in [0.25, 0.3) is 0 Å². The highest BCUT2D eigenvalue weighted by atomic mass is 16.3. The van der Waals surface area contributed by atoms with Gasteiger partial charge in [0.2, 0.25) is 0 Å². The van der Waals surface area contributed by atoms with Crippen molar-refractivity contribution in [3.8, 4) is 12.3 Å². The summed E-state index contributed by atoms with van der Waals surface area (Å²) in [5.41, 5.74) is 6.84. The lowest BCUT2D eigenvalue weighted by Crippen LogP contribution is -2.52. The number of nitrogens with zero attached hydrogens (tertiary/aromatic N) is 2. The molecule has 1 saturated heterocycles. The van der Waals surface area contributed by atoms with Crippen LogP contribution in [0.4, 0.5) is 5.69 Å². The van der Waals surface area contributed by atoms with Gasteiger partial charge in [-0.1, -0.05) is 36.3 Å². The molecule has 0 spiro atoms. The van der Waals surface area contributed by atoms with Gasteiger partial charge < -0.3 is 21.3 Å². The van der Waals surface area contributed by atoms with Gasteiger partial charge >= 0.3 is 0 Å². The Bertz CT molecular complexity index is 1040. The van der Waals surface area contributed by atoms with E-state index in [0.29, 0.717) is 30.9 Å². The van der Waals surface area contributed by atoms with E-state index in [1.54, 1.807) is 32.0 Å². The highest BCUT2D eigenvalue weighted by Gasteiger charge is 2.37. The molecule has 2 atom stereocenters. The highest BCUT2D eigenvalue weighted by Crippen LogP contribution is 2.34. The van der Waals surface area contributed by atoms with Crippen molar-refractivity contribution >= 4 is 17.3 Å². The number of allylic oxidation sites excluding steroid dienone is 4. The zero-order valence-corrected chi connectivity index (χ0v) is 19.7. The molecule has 7 nitrogen and oxygen atoms in total. The predicted octanol–water partition coefficient (Wildman–Crippen LogP) is 2.41. The molecular weight excluding hydrogens is 428 g/mol. The first-order chi connectivity index (χ1) is 16.3. The molecule has 0 bridgehead atoms. The van der Waals surface area contributed by atoms with E-state index in [0.717, 1.165) is 18.4 Å². The Balaban J connectivity index is 1.77. The van der Waals surface area contributed by atoms with Crippen molar-refractivity contribution in [3.63, 3.8) is 0 Å². The van der Waals surface area contributed by atoms with Gasteiger partial charge in [0.05, 0.1) is 11.4 Å². The first-order valence-corrected chi connectivity index (χ1v) is 11.4. The number of carbonyl (C=O) groups is 1. The molecule has 1 aromatic carbocycles.